The van der Waals surface area contributed by atoms with Crippen LogP contribution in [-0.4, -0.2) is 28.1 Å². The molecule has 6 nitrogen and oxygen atoms in total. The average Bonchev–Trinajstić information content (AvgIpc) is 3.14. The van der Waals surface area contributed by atoms with Gasteiger partial charge in [0.05, 0.1) is 12.8 Å². The quantitative estimate of drug-likeness (QED) is 0.597. The number of nitrogens with zero attached hydrogens (tertiary/aromatic N) is 1. The van der Waals surface area contributed by atoms with Crippen LogP contribution in [0.3, 0.4) is 0 Å². The van der Waals surface area contributed by atoms with Crippen LogP contribution in [0.2, 0.25) is 0 Å². The Bertz CT molecular complexity index is 578. The van der Waals surface area contributed by atoms with Crippen molar-refractivity contribution in [3.05, 3.63) is 42.7 Å². The molecule has 114 valence electrons. The molecule has 1 aromatic rings. The predicted molar refractivity (Wildman–Crippen MR) is 79.4 cm³/mol. The molecule has 0 bridgehead atoms. The zero-order valence-electron chi connectivity index (χ0n) is 11.9. The minimum atomic E-state index is -3.26. The van der Waals surface area contributed by atoms with Crippen molar-refractivity contribution in [2.24, 2.45) is 5.92 Å². The number of pyridine rings is 1. The van der Waals surface area contributed by atoms with Crippen LogP contribution >= 0.6 is 7.37 Å². The Morgan fingerprint density at radius 3 is 3.00 bits per heavy atom. The number of carboxylic acid groups (broad SMARTS) is 1. The van der Waals surface area contributed by atoms with Gasteiger partial charge in [-0.15, -0.1) is 6.58 Å². The second kappa shape index (κ2) is 6.00. The molecule has 0 radical (unpaired) electrons. The molecule has 0 aromatic carbocycles. The fraction of sp³-hybridized carbons (Fsp3) is 0.429. The molecule has 1 aromatic heterocycles. The molecule has 1 amide bonds. The van der Waals surface area contributed by atoms with Crippen molar-refractivity contribution in [1.29, 1.82) is 0 Å². The Balaban J connectivity index is 2.33. The Morgan fingerprint density at radius 2 is 2.52 bits per heavy atom. The zero-order valence-corrected chi connectivity index (χ0v) is 12.8. The van der Waals surface area contributed by atoms with Crippen LogP contribution in [0.15, 0.2) is 37.2 Å². The van der Waals surface area contributed by atoms with Gasteiger partial charge in [-0.05, 0) is 25.0 Å². The molecular formula is C14H19N2O4P. The third kappa shape index (κ3) is 3.01. The third-order valence-electron chi connectivity index (χ3n) is 3.65. The van der Waals surface area contributed by atoms with Crippen LogP contribution in [0.25, 0.3) is 0 Å². The summed E-state index contributed by atoms with van der Waals surface area (Å²) in [6, 6.07) is 3.55. The highest BCUT2D eigenvalue weighted by molar-refractivity contribution is 7.60. The lowest BCUT2D eigenvalue weighted by Crippen LogP contribution is -2.38. The normalized spacial score (nSPS) is 26.6. The molecule has 2 N–H and O–H groups in total. The summed E-state index contributed by atoms with van der Waals surface area (Å²) in [5.74, 6) is -0.178. The standard InChI is InChI=1S/C14H19N2O4P/c1-3-12-8-14(12,16-13(17)18)21(19,20-4-2)10-11-6-5-7-15-9-11/h3,5-7,9,12,16H,1,4,8,10H2,2H3,(H,17,18)/t12-,14-,21?/m1/s1. The highest BCUT2D eigenvalue weighted by Gasteiger charge is 2.66. The Hall–Kier alpha value is -1.65. The summed E-state index contributed by atoms with van der Waals surface area (Å²) in [7, 11) is -3.26. The molecule has 0 aliphatic heterocycles. The molecular weight excluding hydrogens is 291 g/mol. The summed E-state index contributed by atoms with van der Waals surface area (Å²) in [6.07, 6.45) is 4.27. The number of hydrogen-bond donors (Lipinski definition) is 2. The zero-order chi connectivity index (χ0) is 15.5. The number of carbonyl (C=O) groups is 1. The molecule has 1 unspecified atom stereocenters. The van der Waals surface area contributed by atoms with E-state index in [1.807, 2.05) is 0 Å². The van der Waals surface area contributed by atoms with Gasteiger partial charge in [-0.1, -0.05) is 12.1 Å². The predicted octanol–water partition coefficient (Wildman–Crippen LogP) is 3.07. The lowest BCUT2D eigenvalue weighted by molar-refractivity contribution is 0.190. The molecule has 1 aliphatic rings. The van der Waals surface area contributed by atoms with Gasteiger partial charge in [-0.3, -0.25) is 9.55 Å². The molecule has 1 fully saturated rings. The van der Waals surface area contributed by atoms with Gasteiger partial charge in [-0.25, -0.2) is 4.79 Å². The summed E-state index contributed by atoms with van der Waals surface area (Å²) in [4.78, 5) is 15.1. The highest BCUT2D eigenvalue weighted by Crippen LogP contribution is 2.73. The van der Waals surface area contributed by atoms with E-state index in [2.05, 4.69) is 16.9 Å². The Labute approximate surface area is 123 Å². The topological polar surface area (TPSA) is 88.5 Å². The van der Waals surface area contributed by atoms with E-state index in [1.165, 1.54) is 0 Å². The van der Waals surface area contributed by atoms with Crippen molar-refractivity contribution in [3.8, 4) is 0 Å². The van der Waals surface area contributed by atoms with Crippen LogP contribution < -0.4 is 5.32 Å². The van der Waals surface area contributed by atoms with Crippen molar-refractivity contribution in [2.45, 2.75) is 24.8 Å². The second-order valence-electron chi connectivity index (χ2n) is 5.01. The Morgan fingerprint density at radius 1 is 1.76 bits per heavy atom. The minimum absolute atomic E-state index is 0.152. The molecule has 1 heterocycles. The van der Waals surface area contributed by atoms with E-state index in [4.69, 9.17) is 9.63 Å². The first-order valence-electron chi connectivity index (χ1n) is 6.73. The van der Waals surface area contributed by atoms with Crippen molar-refractivity contribution in [1.82, 2.24) is 10.3 Å². The van der Waals surface area contributed by atoms with Gasteiger partial charge in [0.2, 0.25) is 7.37 Å². The first-order valence-corrected chi connectivity index (χ1v) is 8.54. The van der Waals surface area contributed by atoms with E-state index < -0.39 is 18.7 Å². The summed E-state index contributed by atoms with van der Waals surface area (Å²) in [6.45, 7) is 5.68. The minimum Gasteiger partial charge on any atom is -0.465 e. The van der Waals surface area contributed by atoms with Crippen molar-refractivity contribution in [3.63, 3.8) is 0 Å². The van der Waals surface area contributed by atoms with Gasteiger partial charge in [-0.2, -0.15) is 0 Å². The van der Waals surface area contributed by atoms with Crippen LogP contribution in [0.1, 0.15) is 18.9 Å². The van der Waals surface area contributed by atoms with E-state index in [0.29, 0.717) is 6.42 Å². The Kier molecular flexibility index (Phi) is 4.49. The first kappa shape index (κ1) is 15.7. The molecule has 0 saturated heterocycles. The van der Waals surface area contributed by atoms with E-state index in [1.54, 1.807) is 37.5 Å². The van der Waals surface area contributed by atoms with Gasteiger partial charge >= 0.3 is 6.09 Å². The number of rotatable bonds is 7. The number of aromatic nitrogens is 1. The lowest BCUT2D eigenvalue weighted by atomic mass is 10.3. The average molecular weight is 310 g/mol. The summed E-state index contributed by atoms with van der Waals surface area (Å²) >= 11 is 0. The fourth-order valence-corrected chi connectivity index (χ4v) is 5.64. The van der Waals surface area contributed by atoms with Gasteiger partial charge in [0.25, 0.3) is 0 Å². The van der Waals surface area contributed by atoms with Gasteiger partial charge < -0.3 is 14.9 Å². The van der Waals surface area contributed by atoms with Gasteiger partial charge in [0, 0.05) is 18.3 Å². The summed E-state index contributed by atoms with van der Waals surface area (Å²) in [5, 5.41) is 10.4. The fourth-order valence-electron chi connectivity index (χ4n) is 2.60. The highest BCUT2D eigenvalue weighted by atomic mass is 31.2. The monoisotopic (exact) mass is 310 g/mol. The summed E-state index contributed by atoms with van der Waals surface area (Å²) < 4.78 is 18.9. The van der Waals surface area contributed by atoms with Crippen molar-refractivity contribution < 1.29 is 19.0 Å². The van der Waals surface area contributed by atoms with Crippen LogP contribution in [-0.2, 0) is 15.3 Å². The maximum absolute atomic E-state index is 13.3. The molecule has 7 heteroatoms. The van der Waals surface area contributed by atoms with Crippen molar-refractivity contribution in [2.75, 3.05) is 6.61 Å². The molecule has 21 heavy (non-hydrogen) atoms. The third-order valence-corrected chi connectivity index (χ3v) is 6.95. The SMILES string of the molecule is C=C[C@@H]1C[C@@]1(NC(=O)O)P(=O)(Cc1cccnc1)OCC. The van der Waals surface area contributed by atoms with Crippen LogP contribution in [0.4, 0.5) is 4.79 Å². The maximum Gasteiger partial charge on any atom is 0.405 e. The number of nitrogens with one attached hydrogen (secondary N) is 1. The van der Waals surface area contributed by atoms with E-state index in [-0.39, 0.29) is 18.7 Å². The van der Waals surface area contributed by atoms with Crippen LogP contribution in [0, 0.1) is 5.92 Å². The second-order valence-corrected chi connectivity index (χ2v) is 7.73. The largest absolute Gasteiger partial charge is 0.465 e. The van der Waals surface area contributed by atoms with Gasteiger partial charge in [0.15, 0.2) is 0 Å². The van der Waals surface area contributed by atoms with E-state index in [0.717, 1.165) is 5.56 Å². The van der Waals surface area contributed by atoms with Gasteiger partial charge in [0.1, 0.15) is 5.28 Å². The molecule has 0 spiro atoms. The molecule has 1 saturated carbocycles. The van der Waals surface area contributed by atoms with Crippen LogP contribution in [0.5, 0.6) is 0 Å². The summed E-state index contributed by atoms with van der Waals surface area (Å²) in [5.41, 5.74) is 0.760. The first-order chi connectivity index (χ1) is 9.97. The van der Waals surface area contributed by atoms with E-state index >= 15 is 0 Å². The maximum atomic E-state index is 13.3. The van der Waals surface area contributed by atoms with Crippen molar-refractivity contribution >= 4 is 13.5 Å². The number of amides is 1. The molecule has 1 aliphatic carbocycles. The smallest absolute Gasteiger partial charge is 0.405 e. The molecule has 2 rings (SSSR count). The number of hydrogen-bond acceptors (Lipinski definition) is 4. The molecule has 3 atom stereocenters. The van der Waals surface area contributed by atoms with E-state index in [9.17, 15) is 9.36 Å². The lowest BCUT2D eigenvalue weighted by Gasteiger charge is -2.28.